The van der Waals surface area contributed by atoms with Crippen LogP contribution in [0.15, 0.2) is 30.3 Å². The van der Waals surface area contributed by atoms with Gasteiger partial charge in [-0.05, 0) is 23.8 Å². The lowest BCUT2D eigenvalue weighted by atomic mass is 10.1. The van der Waals surface area contributed by atoms with Crippen LogP contribution in [0.2, 0.25) is 0 Å². The van der Waals surface area contributed by atoms with Gasteiger partial charge in [-0.3, -0.25) is 4.79 Å². The molecule has 0 aromatic heterocycles. The van der Waals surface area contributed by atoms with Gasteiger partial charge in [0.15, 0.2) is 0 Å². The third-order valence-electron chi connectivity index (χ3n) is 1.38. The van der Waals surface area contributed by atoms with Gasteiger partial charge in [-0.15, -0.1) is 0 Å². The molecule has 1 aromatic carbocycles. The first-order chi connectivity index (χ1) is 5.86. The summed E-state index contributed by atoms with van der Waals surface area (Å²) in [6.45, 7) is 0. The van der Waals surface area contributed by atoms with Crippen LogP contribution in [-0.4, -0.2) is 6.29 Å². The van der Waals surface area contributed by atoms with E-state index in [1.165, 1.54) is 6.08 Å². The molecule has 0 N–H and O–H groups in total. The monoisotopic (exact) mass is 157 g/mol. The van der Waals surface area contributed by atoms with Gasteiger partial charge in [0.05, 0.1) is 11.6 Å². The minimum absolute atomic E-state index is 0.600. The molecule has 0 radical (unpaired) electrons. The number of carbonyl (C=O) groups excluding carboxylic acids is 1. The highest BCUT2D eigenvalue weighted by Gasteiger charge is 1.89. The molecule has 0 saturated carbocycles. The third kappa shape index (κ3) is 2.06. The standard InChI is InChI=1S/C10H7NO/c11-8-10-4-1-3-9(7-10)5-2-6-12/h1-7H. The van der Waals surface area contributed by atoms with E-state index in [4.69, 9.17) is 5.26 Å². The molecule has 0 atom stereocenters. The maximum atomic E-state index is 9.98. The number of hydrogen-bond acceptors (Lipinski definition) is 2. The lowest BCUT2D eigenvalue weighted by Gasteiger charge is -1.91. The molecule has 0 aliphatic rings. The van der Waals surface area contributed by atoms with E-state index in [9.17, 15) is 4.79 Å². The molecule has 1 rings (SSSR count). The molecule has 58 valence electrons. The fraction of sp³-hybridized carbons (Fsp3) is 0. The molecule has 2 heteroatoms. The maximum Gasteiger partial charge on any atom is 0.142 e. The summed E-state index contributed by atoms with van der Waals surface area (Å²) < 4.78 is 0. The van der Waals surface area contributed by atoms with Crippen LogP contribution in [-0.2, 0) is 4.79 Å². The Bertz CT molecular complexity index is 347. The van der Waals surface area contributed by atoms with E-state index in [1.54, 1.807) is 24.3 Å². The van der Waals surface area contributed by atoms with E-state index in [0.717, 1.165) is 5.56 Å². The van der Waals surface area contributed by atoms with Gasteiger partial charge in [0, 0.05) is 0 Å². The van der Waals surface area contributed by atoms with Gasteiger partial charge in [0.25, 0.3) is 0 Å². The Balaban J connectivity index is 2.95. The molecule has 0 saturated heterocycles. The molecule has 0 unspecified atom stereocenters. The highest BCUT2D eigenvalue weighted by atomic mass is 16.1. The molecular formula is C10H7NO. The van der Waals surface area contributed by atoms with Crippen molar-refractivity contribution >= 4 is 12.4 Å². The van der Waals surface area contributed by atoms with Crippen molar-refractivity contribution in [1.82, 2.24) is 0 Å². The Morgan fingerprint density at radius 1 is 1.42 bits per heavy atom. The fourth-order valence-corrected chi connectivity index (χ4v) is 0.862. The zero-order chi connectivity index (χ0) is 8.81. The molecule has 0 heterocycles. The van der Waals surface area contributed by atoms with Crippen molar-refractivity contribution in [3.8, 4) is 6.07 Å². The minimum Gasteiger partial charge on any atom is -0.299 e. The highest BCUT2D eigenvalue weighted by molar-refractivity contribution is 5.74. The van der Waals surface area contributed by atoms with Crippen molar-refractivity contribution in [2.75, 3.05) is 0 Å². The quantitative estimate of drug-likeness (QED) is 0.485. The molecule has 0 spiro atoms. The lowest BCUT2D eigenvalue weighted by molar-refractivity contribution is -0.104. The second-order valence-electron chi connectivity index (χ2n) is 2.23. The van der Waals surface area contributed by atoms with Gasteiger partial charge in [0.1, 0.15) is 6.29 Å². The van der Waals surface area contributed by atoms with Crippen LogP contribution in [0, 0.1) is 11.3 Å². The predicted molar refractivity (Wildman–Crippen MR) is 46.3 cm³/mol. The van der Waals surface area contributed by atoms with Crippen LogP contribution < -0.4 is 0 Å². The van der Waals surface area contributed by atoms with Crippen molar-refractivity contribution in [1.29, 1.82) is 5.26 Å². The highest BCUT2D eigenvalue weighted by Crippen LogP contribution is 2.05. The topological polar surface area (TPSA) is 40.9 Å². The summed E-state index contributed by atoms with van der Waals surface area (Å²) in [5.74, 6) is 0. The van der Waals surface area contributed by atoms with Crippen LogP contribution in [0.1, 0.15) is 11.1 Å². The van der Waals surface area contributed by atoms with Gasteiger partial charge in [-0.2, -0.15) is 5.26 Å². The van der Waals surface area contributed by atoms with Crippen molar-refractivity contribution in [2.45, 2.75) is 0 Å². The van der Waals surface area contributed by atoms with Gasteiger partial charge in [0.2, 0.25) is 0 Å². The first-order valence-corrected chi connectivity index (χ1v) is 3.49. The number of nitrogens with zero attached hydrogens (tertiary/aromatic N) is 1. The molecule has 0 fully saturated rings. The number of aldehydes is 1. The molecule has 12 heavy (non-hydrogen) atoms. The summed E-state index contributed by atoms with van der Waals surface area (Å²) in [4.78, 5) is 9.98. The molecular weight excluding hydrogens is 150 g/mol. The number of nitriles is 1. The molecule has 0 aliphatic heterocycles. The number of allylic oxidation sites excluding steroid dienone is 1. The summed E-state index contributed by atoms with van der Waals surface area (Å²) >= 11 is 0. The number of benzene rings is 1. The van der Waals surface area contributed by atoms with Crippen LogP contribution in [0.25, 0.3) is 6.08 Å². The van der Waals surface area contributed by atoms with E-state index >= 15 is 0 Å². The Labute approximate surface area is 70.8 Å². The normalized spacial score (nSPS) is 9.58. The van der Waals surface area contributed by atoms with E-state index in [2.05, 4.69) is 0 Å². The second kappa shape index (κ2) is 4.09. The lowest BCUT2D eigenvalue weighted by Crippen LogP contribution is -1.75. The Morgan fingerprint density at radius 2 is 2.25 bits per heavy atom. The third-order valence-corrected chi connectivity index (χ3v) is 1.38. The summed E-state index contributed by atoms with van der Waals surface area (Å²) in [6, 6.07) is 9.08. The maximum absolute atomic E-state index is 9.98. The van der Waals surface area contributed by atoms with E-state index in [-0.39, 0.29) is 0 Å². The average Bonchev–Trinajstić information content (AvgIpc) is 2.15. The molecule has 0 bridgehead atoms. The Kier molecular flexibility index (Phi) is 2.80. The van der Waals surface area contributed by atoms with Crippen LogP contribution in [0.3, 0.4) is 0 Å². The zero-order valence-corrected chi connectivity index (χ0v) is 6.40. The molecule has 1 aromatic rings. The summed E-state index contributed by atoms with van der Waals surface area (Å²) in [5.41, 5.74) is 1.46. The Hall–Kier alpha value is -1.88. The minimum atomic E-state index is 0.600. The van der Waals surface area contributed by atoms with E-state index in [0.29, 0.717) is 11.8 Å². The van der Waals surface area contributed by atoms with Crippen molar-refractivity contribution < 1.29 is 4.79 Å². The predicted octanol–water partition coefficient (Wildman–Crippen LogP) is 1.77. The molecule has 0 amide bonds. The van der Waals surface area contributed by atoms with Crippen molar-refractivity contribution in [3.63, 3.8) is 0 Å². The summed E-state index contributed by atoms with van der Waals surface area (Å²) in [6.07, 6.45) is 3.77. The number of hydrogen-bond donors (Lipinski definition) is 0. The van der Waals surface area contributed by atoms with Gasteiger partial charge < -0.3 is 0 Å². The van der Waals surface area contributed by atoms with Crippen LogP contribution in [0.5, 0.6) is 0 Å². The van der Waals surface area contributed by atoms with Crippen molar-refractivity contribution in [2.24, 2.45) is 0 Å². The molecule has 2 nitrogen and oxygen atoms in total. The van der Waals surface area contributed by atoms with Crippen molar-refractivity contribution in [3.05, 3.63) is 41.5 Å². The summed E-state index contributed by atoms with van der Waals surface area (Å²) in [7, 11) is 0. The van der Waals surface area contributed by atoms with E-state index in [1.807, 2.05) is 12.1 Å². The molecule has 0 aliphatic carbocycles. The largest absolute Gasteiger partial charge is 0.299 e. The van der Waals surface area contributed by atoms with Crippen LogP contribution >= 0.6 is 0 Å². The Morgan fingerprint density at radius 3 is 2.92 bits per heavy atom. The summed E-state index contributed by atoms with van der Waals surface area (Å²) in [5, 5.41) is 8.54. The van der Waals surface area contributed by atoms with Gasteiger partial charge in [-0.1, -0.05) is 18.2 Å². The second-order valence-corrected chi connectivity index (χ2v) is 2.23. The smallest absolute Gasteiger partial charge is 0.142 e. The fourth-order valence-electron chi connectivity index (χ4n) is 0.862. The van der Waals surface area contributed by atoms with Gasteiger partial charge in [-0.25, -0.2) is 0 Å². The van der Waals surface area contributed by atoms with Crippen LogP contribution in [0.4, 0.5) is 0 Å². The number of rotatable bonds is 2. The SMILES string of the molecule is N#Cc1cccc(C=CC=O)c1. The zero-order valence-electron chi connectivity index (χ0n) is 6.40. The first-order valence-electron chi connectivity index (χ1n) is 3.49. The first kappa shape index (κ1) is 8.22. The van der Waals surface area contributed by atoms with Gasteiger partial charge >= 0.3 is 0 Å². The number of carbonyl (C=O) groups is 1. The van der Waals surface area contributed by atoms with E-state index < -0.39 is 0 Å². The average molecular weight is 157 g/mol.